The maximum atomic E-state index is 10.8. The number of rotatable bonds is 4. The summed E-state index contributed by atoms with van der Waals surface area (Å²) >= 11 is 2.00. The molecule has 0 unspecified atom stereocenters. The van der Waals surface area contributed by atoms with Crippen molar-refractivity contribution in [3.05, 3.63) is 67.8 Å². The fourth-order valence-electron chi connectivity index (χ4n) is 1.83. The third-order valence-electron chi connectivity index (χ3n) is 2.83. The second-order valence-electron chi connectivity index (χ2n) is 4.23. The molecule has 0 N–H and O–H groups in total. The average molecular weight is 368 g/mol. The number of anilines is 1. The van der Waals surface area contributed by atoms with Crippen LogP contribution in [0.25, 0.3) is 0 Å². The molecule has 19 heavy (non-hydrogen) atoms. The lowest BCUT2D eigenvalue weighted by molar-refractivity contribution is -0.385. The van der Waals surface area contributed by atoms with Gasteiger partial charge in [0, 0.05) is 25.3 Å². The Morgan fingerprint density at radius 3 is 2.47 bits per heavy atom. The number of hydrogen-bond donors (Lipinski definition) is 0. The number of benzene rings is 2. The van der Waals surface area contributed by atoms with Crippen LogP contribution in [0.5, 0.6) is 0 Å². The summed E-state index contributed by atoms with van der Waals surface area (Å²) in [6.07, 6.45) is 0. The zero-order valence-electron chi connectivity index (χ0n) is 10.4. The number of nitro groups is 1. The first-order valence-corrected chi connectivity index (χ1v) is 6.85. The lowest BCUT2D eigenvalue weighted by Crippen LogP contribution is -2.16. The predicted molar refractivity (Wildman–Crippen MR) is 84.4 cm³/mol. The third-order valence-corrected chi connectivity index (χ3v) is 3.70. The summed E-state index contributed by atoms with van der Waals surface area (Å²) in [6, 6.07) is 15.3. The molecule has 2 aromatic carbocycles. The zero-order valence-corrected chi connectivity index (χ0v) is 12.6. The summed E-state index contributed by atoms with van der Waals surface area (Å²) in [6.45, 7) is 0.773. The van der Waals surface area contributed by atoms with Crippen LogP contribution in [0, 0.1) is 13.7 Å². The van der Waals surface area contributed by atoms with Gasteiger partial charge in [-0.15, -0.1) is 0 Å². The van der Waals surface area contributed by atoms with E-state index in [2.05, 4.69) is 17.0 Å². The molecular weight excluding hydrogens is 355 g/mol. The third kappa shape index (κ3) is 3.44. The Morgan fingerprint density at radius 1 is 1.21 bits per heavy atom. The van der Waals surface area contributed by atoms with Crippen LogP contribution in [0.4, 0.5) is 11.4 Å². The highest BCUT2D eigenvalue weighted by Gasteiger charge is 2.13. The Hall–Kier alpha value is -1.63. The molecule has 0 aliphatic rings. The second-order valence-corrected chi connectivity index (χ2v) is 5.40. The van der Waals surface area contributed by atoms with Gasteiger partial charge in [0.15, 0.2) is 0 Å². The lowest BCUT2D eigenvalue weighted by Gasteiger charge is -2.19. The van der Waals surface area contributed by atoms with E-state index in [-0.39, 0.29) is 10.6 Å². The van der Waals surface area contributed by atoms with Gasteiger partial charge in [0.1, 0.15) is 0 Å². The molecule has 4 nitrogen and oxygen atoms in total. The number of hydrogen-bond acceptors (Lipinski definition) is 3. The summed E-state index contributed by atoms with van der Waals surface area (Å²) in [5, 5.41) is 10.8. The van der Waals surface area contributed by atoms with Crippen LogP contribution in [0.1, 0.15) is 5.56 Å². The smallest absolute Gasteiger partial charge is 0.282 e. The molecular formula is C14H13IN2O2. The number of nitro benzene ring substituents is 1. The van der Waals surface area contributed by atoms with Crippen molar-refractivity contribution in [1.29, 1.82) is 0 Å². The highest BCUT2D eigenvalue weighted by Crippen LogP contribution is 2.26. The van der Waals surface area contributed by atoms with E-state index in [0.29, 0.717) is 3.57 Å². The van der Waals surface area contributed by atoms with Crippen molar-refractivity contribution in [2.75, 3.05) is 11.9 Å². The van der Waals surface area contributed by atoms with Crippen LogP contribution in [0.15, 0.2) is 48.5 Å². The molecule has 0 heterocycles. The van der Waals surface area contributed by atoms with Gasteiger partial charge in [-0.3, -0.25) is 10.1 Å². The van der Waals surface area contributed by atoms with E-state index in [9.17, 15) is 10.1 Å². The fraction of sp³-hybridized carbons (Fsp3) is 0.143. The maximum absolute atomic E-state index is 10.8. The van der Waals surface area contributed by atoms with Gasteiger partial charge in [-0.25, -0.2) is 0 Å². The molecule has 2 aromatic rings. The molecule has 2 rings (SSSR count). The molecule has 0 bridgehead atoms. The van der Waals surface area contributed by atoms with Crippen LogP contribution in [0.3, 0.4) is 0 Å². The van der Waals surface area contributed by atoms with Gasteiger partial charge >= 0.3 is 0 Å². The lowest BCUT2D eigenvalue weighted by atomic mass is 10.2. The Labute approximate surface area is 125 Å². The molecule has 0 amide bonds. The minimum Gasteiger partial charge on any atom is -0.370 e. The van der Waals surface area contributed by atoms with Crippen LogP contribution in [-0.4, -0.2) is 12.0 Å². The van der Waals surface area contributed by atoms with Gasteiger partial charge in [-0.05, 0) is 40.3 Å². The standard InChI is InChI=1S/C14H13IN2O2/c1-16(10-11-5-3-2-4-6-11)12-7-8-14(17(18)19)13(15)9-12/h2-9H,10H2,1H3. The molecule has 0 radical (unpaired) electrons. The maximum Gasteiger partial charge on any atom is 0.282 e. The van der Waals surface area contributed by atoms with Gasteiger partial charge in [-0.1, -0.05) is 30.3 Å². The molecule has 0 aliphatic carbocycles. The summed E-state index contributed by atoms with van der Waals surface area (Å²) in [5.74, 6) is 0. The highest BCUT2D eigenvalue weighted by molar-refractivity contribution is 14.1. The Bertz CT molecular complexity index is 587. The van der Waals surface area contributed by atoms with Crippen molar-refractivity contribution in [3.63, 3.8) is 0 Å². The van der Waals surface area contributed by atoms with Crippen LogP contribution >= 0.6 is 22.6 Å². The van der Waals surface area contributed by atoms with Crippen LogP contribution < -0.4 is 4.90 Å². The molecule has 0 aromatic heterocycles. The molecule has 98 valence electrons. The van der Waals surface area contributed by atoms with E-state index in [4.69, 9.17) is 0 Å². The van der Waals surface area contributed by atoms with Gasteiger partial charge in [0.2, 0.25) is 0 Å². The van der Waals surface area contributed by atoms with Crippen LogP contribution in [0.2, 0.25) is 0 Å². The largest absolute Gasteiger partial charge is 0.370 e. The summed E-state index contributed by atoms with van der Waals surface area (Å²) in [7, 11) is 1.98. The minimum atomic E-state index is -0.358. The van der Waals surface area contributed by atoms with E-state index in [0.717, 1.165) is 12.2 Å². The molecule has 0 fully saturated rings. The van der Waals surface area contributed by atoms with E-state index in [1.54, 1.807) is 12.1 Å². The average Bonchev–Trinajstić information content (AvgIpc) is 2.39. The minimum absolute atomic E-state index is 0.150. The molecule has 0 saturated heterocycles. The molecule has 0 atom stereocenters. The van der Waals surface area contributed by atoms with Crippen molar-refractivity contribution < 1.29 is 4.92 Å². The fourth-order valence-corrected chi connectivity index (χ4v) is 2.53. The number of nitrogens with zero attached hydrogens (tertiary/aromatic N) is 2. The summed E-state index contributed by atoms with van der Waals surface area (Å²) in [4.78, 5) is 12.5. The summed E-state index contributed by atoms with van der Waals surface area (Å²) in [5.41, 5.74) is 2.33. The van der Waals surface area contributed by atoms with E-state index >= 15 is 0 Å². The van der Waals surface area contributed by atoms with Gasteiger partial charge < -0.3 is 4.90 Å². The molecule has 0 aliphatic heterocycles. The monoisotopic (exact) mass is 368 g/mol. The van der Waals surface area contributed by atoms with E-state index < -0.39 is 0 Å². The van der Waals surface area contributed by atoms with Crippen molar-refractivity contribution in [2.24, 2.45) is 0 Å². The van der Waals surface area contributed by atoms with Crippen molar-refractivity contribution >= 4 is 34.0 Å². The molecule has 0 saturated carbocycles. The highest BCUT2D eigenvalue weighted by atomic mass is 127. The topological polar surface area (TPSA) is 46.4 Å². The van der Waals surface area contributed by atoms with Crippen molar-refractivity contribution in [1.82, 2.24) is 0 Å². The van der Waals surface area contributed by atoms with Crippen molar-refractivity contribution in [2.45, 2.75) is 6.54 Å². The quantitative estimate of drug-likeness (QED) is 0.468. The second kappa shape index (κ2) is 6.01. The van der Waals surface area contributed by atoms with Gasteiger partial charge in [0.25, 0.3) is 5.69 Å². The normalized spacial score (nSPS) is 10.2. The van der Waals surface area contributed by atoms with Crippen molar-refractivity contribution in [3.8, 4) is 0 Å². The Morgan fingerprint density at radius 2 is 1.89 bits per heavy atom. The SMILES string of the molecule is CN(Cc1ccccc1)c1ccc([N+](=O)[O-])c(I)c1. The zero-order chi connectivity index (χ0) is 13.8. The van der Waals surface area contributed by atoms with Crippen LogP contribution in [-0.2, 0) is 6.54 Å². The van der Waals surface area contributed by atoms with E-state index in [1.165, 1.54) is 5.56 Å². The Kier molecular flexibility index (Phi) is 4.36. The van der Waals surface area contributed by atoms with E-state index in [1.807, 2.05) is 53.9 Å². The first kappa shape index (κ1) is 13.8. The molecule has 0 spiro atoms. The Balaban J connectivity index is 2.18. The summed E-state index contributed by atoms with van der Waals surface area (Å²) < 4.78 is 0.653. The van der Waals surface area contributed by atoms with Gasteiger partial charge in [-0.2, -0.15) is 0 Å². The first-order chi connectivity index (χ1) is 9.08. The predicted octanol–water partition coefficient (Wildman–Crippen LogP) is 3.84. The molecule has 5 heteroatoms. The van der Waals surface area contributed by atoms with Gasteiger partial charge in [0.05, 0.1) is 8.49 Å². The number of halogens is 1. The first-order valence-electron chi connectivity index (χ1n) is 5.77.